The number of esters is 2. The van der Waals surface area contributed by atoms with E-state index in [0.29, 0.717) is 15.6 Å². The molecule has 0 atom stereocenters. The minimum absolute atomic E-state index is 0.157. The van der Waals surface area contributed by atoms with Gasteiger partial charge in [0.1, 0.15) is 5.57 Å². The molecule has 6 heteroatoms. The van der Waals surface area contributed by atoms with E-state index >= 15 is 0 Å². The maximum absolute atomic E-state index is 11.8. The summed E-state index contributed by atoms with van der Waals surface area (Å²) in [5, 5.41) is 0.782. The number of ether oxygens (including phenoxy) is 2. The molecule has 20 heavy (non-hydrogen) atoms. The molecule has 1 aromatic rings. The number of carbonyl (C=O) groups is 2. The van der Waals surface area contributed by atoms with E-state index in [1.165, 1.54) is 12.1 Å². The van der Waals surface area contributed by atoms with Crippen molar-refractivity contribution in [1.29, 1.82) is 0 Å². The smallest absolute Gasteiger partial charge is 0.345 e. The van der Waals surface area contributed by atoms with Crippen LogP contribution in [-0.4, -0.2) is 25.2 Å². The van der Waals surface area contributed by atoms with Crippen LogP contribution in [0.2, 0.25) is 10.0 Å². The van der Waals surface area contributed by atoms with Crippen molar-refractivity contribution in [3.63, 3.8) is 0 Å². The number of rotatable bonds is 5. The molecule has 0 aliphatic heterocycles. The van der Waals surface area contributed by atoms with E-state index in [2.05, 4.69) is 0 Å². The van der Waals surface area contributed by atoms with Crippen molar-refractivity contribution in [2.24, 2.45) is 0 Å². The molecule has 0 saturated heterocycles. The first kappa shape index (κ1) is 16.5. The van der Waals surface area contributed by atoms with Crippen LogP contribution in [0.5, 0.6) is 0 Å². The highest BCUT2D eigenvalue weighted by atomic mass is 35.5. The minimum atomic E-state index is -0.753. The molecule has 108 valence electrons. The van der Waals surface area contributed by atoms with Crippen LogP contribution >= 0.6 is 23.2 Å². The molecule has 0 saturated carbocycles. The van der Waals surface area contributed by atoms with Crippen molar-refractivity contribution in [2.75, 3.05) is 13.2 Å². The van der Waals surface area contributed by atoms with Crippen LogP contribution in [0.1, 0.15) is 19.4 Å². The molecule has 0 bridgehead atoms. The second kappa shape index (κ2) is 7.92. The normalized spacial score (nSPS) is 9.80. The Morgan fingerprint density at radius 2 is 1.65 bits per heavy atom. The lowest BCUT2D eigenvalue weighted by Crippen LogP contribution is -2.18. The Morgan fingerprint density at radius 1 is 1.10 bits per heavy atom. The number of benzene rings is 1. The predicted octanol–water partition coefficient (Wildman–Crippen LogP) is 3.50. The monoisotopic (exact) mass is 316 g/mol. The summed E-state index contributed by atoms with van der Waals surface area (Å²) in [4.78, 5) is 23.6. The van der Waals surface area contributed by atoms with Crippen molar-refractivity contribution >= 4 is 41.2 Å². The van der Waals surface area contributed by atoms with Crippen LogP contribution in [0.25, 0.3) is 6.08 Å². The van der Waals surface area contributed by atoms with E-state index in [4.69, 9.17) is 32.7 Å². The van der Waals surface area contributed by atoms with Crippen LogP contribution in [0.4, 0.5) is 0 Å². The number of hydrogen-bond donors (Lipinski definition) is 0. The second-order valence-corrected chi connectivity index (χ2v) is 4.51. The topological polar surface area (TPSA) is 52.6 Å². The first-order valence-electron chi connectivity index (χ1n) is 6.00. The van der Waals surface area contributed by atoms with Gasteiger partial charge in [0.25, 0.3) is 0 Å². The molecule has 0 fully saturated rings. The third-order valence-electron chi connectivity index (χ3n) is 2.25. The van der Waals surface area contributed by atoms with Crippen LogP contribution in [-0.2, 0) is 19.1 Å². The van der Waals surface area contributed by atoms with Crippen molar-refractivity contribution in [2.45, 2.75) is 13.8 Å². The maximum Gasteiger partial charge on any atom is 0.345 e. The van der Waals surface area contributed by atoms with Gasteiger partial charge in [0, 0.05) is 10.0 Å². The lowest BCUT2D eigenvalue weighted by atomic mass is 10.1. The van der Waals surface area contributed by atoms with E-state index in [1.54, 1.807) is 26.0 Å². The average Bonchev–Trinajstić information content (AvgIpc) is 2.38. The Morgan fingerprint density at radius 3 is 2.10 bits per heavy atom. The van der Waals surface area contributed by atoms with Crippen molar-refractivity contribution in [3.05, 3.63) is 39.4 Å². The van der Waals surface area contributed by atoms with Crippen LogP contribution < -0.4 is 0 Å². The Bertz CT molecular complexity index is 518. The largest absolute Gasteiger partial charge is 0.462 e. The summed E-state index contributed by atoms with van der Waals surface area (Å²) in [6.07, 6.45) is 1.33. The highest BCUT2D eigenvalue weighted by Crippen LogP contribution is 2.23. The summed E-state index contributed by atoms with van der Waals surface area (Å²) in [5.41, 5.74) is 0.269. The van der Waals surface area contributed by atoms with Crippen LogP contribution in [0.15, 0.2) is 23.8 Å². The quantitative estimate of drug-likeness (QED) is 0.361. The van der Waals surface area contributed by atoms with Gasteiger partial charge in [-0.1, -0.05) is 29.3 Å². The Balaban J connectivity index is 3.17. The molecule has 0 heterocycles. The van der Waals surface area contributed by atoms with Crippen molar-refractivity contribution in [1.82, 2.24) is 0 Å². The van der Waals surface area contributed by atoms with Gasteiger partial charge in [0.2, 0.25) is 0 Å². The third-order valence-corrected chi connectivity index (χ3v) is 2.82. The summed E-state index contributed by atoms with van der Waals surface area (Å²) in [6, 6.07) is 4.72. The molecule has 0 aliphatic rings. The number of hydrogen-bond acceptors (Lipinski definition) is 4. The van der Waals surface area contributed by atoms with E-state index in [1.807, 2.05) is 0 Å². The lowest BCUT2D eigenvalue weighted by molar-refractivity contribution is -0.146. The van der Waals surface area contributed by atoms with Gasteiger partial charge < -0.3 is 9.47 Å². The van der Waals surface area contributed by atoms with Gasteiger partial charge in [-0.05, 0) is 37.6 Å². The number of halogens is 2. The van der Waals surface area contributed by atoms with Gasteiger partial charge in [-0.3, -0.25) is 0 Å². The minimum Gasteiger partial charge on any atom is -0.462 e. The molecule has 1 rings (SSSR count). The van der Waals surface area contributed by atoms with E-state index in [9.17, 15) is 9.59 Å². The zero-order chi connectivity index (χ0) is 15.1. The first-order chi connectivity index (χ1) is 9.49. The molecule has 0 radical (unpaired) electrons. The fraction of sp³-hybridized carbons (Fsp3) is 0.286. The fourth-order valence-corrected chi connectivity index (χ4v) is 1.86. The summed E-state index contributed by atoms with van der Waals surface area (Å²) in [7, 11) is 0. The van der Waals surface area contributed by atoms with Crippen LogP contribution in [0.3, 0.4) is 0 Å². The molecule has 0 amide bonds. The van der Waals surface area contributed by atoms with E-state index < -0.39 is 11.9 Å². The zero-order valence-electron chi connectivity index (χ0n) is 11.1. The summed E-state index contributed by atoms with van der Waals surface area (Å²) in [6.45, 7) is 3.61. The fourth-order valence-electron chi connectivity index (χ4n) is 1.39. The summed E-state index contributed by atoms with van der Waals surface area (Å²) in [5.74, 6) is -1.51. The standard InChI is InChI=1S/C14H14Cl2O4/c1-3-19-13(17)11(14(18)20-4-2)7-9-5-6-10(15)8-12(9)16/h5-8H,3-4H2,1-2H3. The summed E-state index contributed by atoms with van der Waals surface area (Å²) >= 11 is 11.8. The van der Waals surface area contributed by atoms with Gasteiger partial charge in [0.05, 0.1) is 13.2 Å². The van der Waals surface area contributed by atoms with Crippen molar-refractivity contribution in [3.8, 4) is 0 Å². The molecular formula is C14H14Cl2O4. The van der Waals surface area contributed by atoms with Gasteiger partial charge in [-0.25, -0.2) is 9.59 Å². The number of carbonyl (C=O) groups excluding carboxylic acids is 2. The molecule has 0 spiro atoms. The lowest BCUT2D eigenvalue weighted by Gasteiger charge is -2.07. The highest BCUT2D eigenvalue weighted by molar-refractivity contribution is 6.35. The van der Waals surface area contributed by atoms with E-state index in [0.717, 1.165) is 0 Å². The summed E-state index contributed by atoms with van der Waals surface area (Å²) < 4.78 is 9.66. The Hall–Kier alpha value is -1.52. The second-order valence-electron chi connectivity index (χ2n) is 3.66. The zero-order valence-corrected chi connectivity index (χ0v) is 12.6. The maximum atomic E-state index is 11.8. The Labute approximate surface area is 127 Å². The third kappa shape index (κ3) is 4.54. The van der Waals surface area contributed by atoms with Gasteiger partial charge in [-0.15, -0.1) is 0 Å². The Kier molecular flexibility index (Phi) is 6.55. The van der Waals surface area contributed by atoms with Gasteiger partial charge in [0.15, 0.2) is 0 Å². The molecule has 0 aliphatic carbocycles. The van der Waals surface area contributed by atoms with Gasteiger partial charge >= 0.3 is 11.9 Å². The molecule has 0 aromatic heterocycles. The SMILES string of the molecule is CCOC(=O)C(=Cc1ccc(Cl)cc1Cl)C(=O)OCC. The van der Waals surface area contributed by atoms with Crippen molar-refractivity contribution < 1.29 is 19.1 Å². The molecule has 0 N–H and O–H groups in total. The highest BCUT2D eigenvalue weighted by Gasteiger charge is 2.21. The molecule has 0 unspecified atom stereocenters. The molecular weight excluding hydrogens is 303 g/mol. The van der Waals surface area contributed by atoms with Crippen LogP contribution in [0, 0.1) is 0 Å². The molecule has 4 nitrogen and oxygen atoms in total. The first-order valence-corrected chi connectivity index (χ1v) is 6.76. The predicted molar refractivity (Wildman–Crippen MR) is 77.7 cm³/mol. The molecule has 1 aromatic carbocycles. The average molecular weight is 317 g/mol. The van der Waals surface area contributed by atoms with E-state index in [-0.39, 0.29) is 18.8 Å². The van der Waals surface area contributed by atoms with Gasteiger partial charge in [-0.2, -0.15) is 0 Å².